The highest BCUT2D eigenvalue weighted by atomic mass is 32.1. The summed E-state index contributed by atoms with van der Waals surface area (Å²) in [6, 6.07) is 18.7. The van der Waals surface area contributed by atoms with E-state index in [-0.39, 0.29) is 11.5 Å². The molecule has 126 valence electrons. The van der Waals surface area contributed by atoms with Crippen molar-refractivity contribution in [3.8, 4) is 16.5 Å². The summed E-state index contributed by atoms with van der Waals surface area (Å²) >= 11 is 1.37. The maximum atomic E-state index is 12.2. The summed E-state index contributed by atoms with van der Waals surface area (Å²) in [7, 11) is 0. The van der Waals surface area contributed by atoms with Gasteiger partial charge in [0.1, 0.15) is 0 Å². The van der Waals surface area contributed by atoms with E-state index >= 15 is 0 Å². The molecule has 1 aromatic heterocycles. The van der Waals surface area contributed by atoms with Crippen molar-refractivity contribution in [3.05, 3.63) is 92.9 Å². The second-order valence-electron chi connectivity index (χ2n) is 5.37. The number of nitro groups is 1. The first-order valence-corrected chi connectivity index (χ1v) is 8.46. The fraction of sp³-hybridized carbons (Fsp3) is 0. The second-order valence-corrected chi connectivity index (χ2v) is 6.48. The number of hydrogen-bond donors (Lipinski definition) is 0. The minimum Gasteiger partial charge on any atom is -0.289 e. The number of allylic oxidation sites excluding steroid dienone is 1. The lowest BCUT2D eigenvalue weighted by molar-refractivity contribution is -0.384. The lowest BCUT2D eigenvalue weighted by atomic mass is 10.1. The van der Waals surface area contributed by atoms with Gasteiger partial charge >= 0.3 is 0 Å². The van der Waals surface area contributed by atoms with Crippen molar-refractivity contribution >= 4 is 28.9 Å². The molecular formula is C20H12N2O3S. The minimum absolute atomic E-state index is 0.0503. The van der Waals surface area contributed by atoms with E-state index in [1.165, 1.54) is 23.5 Å². The molecular weight excluding hydrogens is 348 g/mol. The first kappa shape index (κ1) is 17.3. The molecule has 0 amide bonds. The molecule has 0 N–H and O–H groups in total. The Labute approximate surface area is 153 Å². The first-order valence-electron chi connectivity index (χ1n) is 7.64. The SMILES string of the molecule is N#Cc1cccc(C(=O)/C=C/c2ccc(-c3ccccc3[N+](=O)[O-])s2)c1. The van der Waals surface area contributed by atoms with Crippen LogP contribution in [0.15, 0.2) is 66.7 Å². The van der Waals surface area contributed by atoms with Crippen LogP contribution in [0.25, 0.3) is 16.5 Å². The zero-order valence-corrected chi connectivity index (χ0v) is 14.3. The fourth-order valence-corrected chi connectivity index (χ4v) is 3.37. The molecule has 2 aromatic carbocycles. The Morgan fingerprint density at radius 3 is 2.69 bits per heavy atom. The van der Waals surface area contributed by atoms with Crippen LogP contribution in [0.2, 0.25) is 0 Å². The predicted molar refractivity (Wildman–Crippen MR) is 101 cm³/mol. The number of nitrogens with zero attached hydrogens (tertiary/aromatic N) is 2. The van der Waals surface area contributed by atoms with E-state index in [9.17, 15) is 14.9 Å². The zero-order chi connectivity index (χ0) is 18.5. The smallest absolute Gasteiger partial charge is 0.278 e. The Kier molecular flexibility index (Phi) is 5.02. The second kappa shape index (κ2) is 7.55. The maximum absolute atomic E-state index is 12.2. The molecule has 0 saturated heterocycles. The molecule has 5 nitrogen and oxygen atoms in total. The first-order chi connectivity index (χ1) is 12.6. The Hall–Kier alpha value is -3.56. The summed E-state index contributed by atoms with van der Waals surface area (Å²) in [5, 5.41) is 20.1. The van der Waals surface area contributed by atoms with Crippen LogP contribution >= 0.6 is 11.3 Å². The van der Waals surface area contributed by atoms with Gasteiger partial charge in [-0.3, -0.25) is 14.9 Å². The van der Waals surface area contributed by atoms with Gasteiger partial charge < -0.3 is 0 Å². The molecule has 0 aliphatic heterocycles. The van der Waals surface area contributed by atoms with Crippen LogP contribution in [-0.2, 0) is 0 Å². The van der Waals surface area contributed by atoms with Crippen molar-refractivity contribution in [2.24, 2.45) is 0 Å². The van der Waals surface area contributed by atoms with Crippen molar-refractivity contribution in [1.29, 1.82) is 5.26 Å². The summed E-state index contributed by atoms with van der Waals surface area (Å²) < 4.78 is 0. The standard InChI is InChI=1S/C20H12N2O3S/c21-13-14-4-3-5-15(12-14)19(23)10-8-16-9-11-20(26-16)17-6-1-2-7-18(17)22(24)25/h1-12H/b10-8+. The van der Waals surface area contributed by atoms with E-state index in [4.69, 9.17) is 5.26 Å². The molecule has 0 aliphatic rings. The average molecular weight is 360 g/mol. The number of carbonyl (C=O) groups is 1. The maximum Gasteiger partial charge on any atom is 0.278 e. The van der Waals surface area contributed by atoms with Gasteiger partial charge in [0.05, 0.1) is 22.1 Å². The quantitative estimate of drug-likeness (QED) is 0.274. The van der Waals surface area contributed by atoms with Crippen molar-refractivity contribution in [3.63, 3.8) is 0 Å². The molecule has 0 aliphatic carbocycles. The highest BCUT2D eigenvalue weighted by molar-refractivity contribution is 7.16. The van der Waals surface area contributed by atoms with Gasteiger partial charge in [-0.25, -0.2) is 0 Å². The van der Waals surface area contributed by atoms with E-state index in [1.807, 2.05) is 12.1 Å². The fourth-order valence-electron chi connectivity index (χ4n) is 2.42. The Bertz CT molecular complexity index is 1060. The average Bonchev–Trinajstić information content (AvgIpc) is 3.15. The number of ketones is 1. The molecule has 0 spiro atoms. The molecule has 0 fully saturated rings. The van der Waals surface area contributed by atoms with Gasteiger partial charge in [-0.05, 0) is 42.5 Å². The van der Waals surface area contributed by atoms with E-state index in [2.05, 4.69) is 0 Å². The summed E-state index contributed by atoms with van der Waals surface area (Å²) in [5.74, 6) is -0.206. The monoisotopic (exact) mass is 360 g/mol. The van der Waals surface area contributed by atoms with Crippen LogP contribution in [0.4, 0.5) is 5.69 Å². The largest absolute Gasteiger partial charge is 0.289 e. The third-order valence-corrected chi connectivity index (χ3v) is 4.75. The van der Waals surface area contributed by atoms with E-state index in [1.54, 1.807) is 54.6 Å². The van der Waals surface area contributed by atoms with Crippen molar-refractivity contribution < 1.29 is 9.72 Å². The number of hydrogen-bond acceptors (Lipinski definition) is 5. The Balaban J connectivity index is 1.83. The van der Waals surface area contributed by atoms with Gasteiger partial charge in [-0.15, -0.1) is 11.3 Å². The topological polar surface area (TPSA) is 84.0 Å². The van der Waals surface area contributed by atoms with Crippen LogP contribution in [0.1, 0.15) is 20.8 Å². The minimum atomic E-state index is -0.406. The molecule has 0 atom stereocenters. The number of benzene rings is 2. The number of rotatable bonds is 5. The van der Waals surface area contributed by atoms with Gasteiger partial charge in [-0.1, -0.05) is 24.3 Å². The number of nitriles is 1. The summed E-state index contributed by atoms with van der Waals surface area (Å²) in [5.41, 5.74) is 1.47. The third kappa shape index (κ3) is 3.74. The van der Waals surface area contributed by atoms with Crippen molar-refractivity contribution in [1.82, 2.24) is 0 Å². The molecule has 0 bridgehead atoms. The van der Waals surface area contributed by atoms with Crippen LogP contribution in [0.3, 0.4) is 0 Å². The molecule has 26 heavy (non-hydrogen) atoms. The van der Waals surface area contributed by atoms with Gasteiger partial charge in [0.15, 0.2) is 5.78 Å². The van der Waals surface area contributed by atoms with E-state index < -0.39 is 4.92 Å². The normalized spacial score (nSPS) is 10.6. The lowest BCUT2D eigenvalue weighted by Crippen LogP contribution is -1.94. The van der Waals surface area contributed by atoms with Crippen LogP contribution in [-0.4, -0.2) is 10.7 Å². The third-order valence-electron chi connectivity index (χ3n) is 3.67. The molecule has 3 rings (SSSR count). The molecule has 0 radical (unpaired) electrons. The predicted octanol–water partition coefficient (Wildman–Crippen LogP) is 5.09. The van der Waals surface area contributed by atoms with Gasteiger partial charge in [0, 0.05) is 21.4 Å². The molecule has 3 aromatic rings. The molecule has 0 unspecified atom stereocenters. The summed E-state index contributed by atoms with van der Waals surface area (Å²) in [6.07, 6.45) is 3.11. The number of thiophene rings is 1. The van der Waals surface area contributed by atoms with Crippen LogP contribution in [0, 0.1) is 21.4 Å². The Morgan fingerprint density at radius 2 is 1.92 bits per heavy atom. The Morgan fingerprint density at radius 1 is 1.12 bits per heavy atom. The molecule has 6 heteroatoms. The molecule has 0 saturated carbocycles. The van der Waals surface area contributed by atoms with Gasteiger partial charge in [-0.2, -0.15) is 5.26 Å². The van der Waals surface area contributed by atoms with Crippen molar-refractivity contribution in [2.45, 2.75) is 0 Å². The van der Waals surface area contributed by atoms with E-state index in [0.29, 0.717) is 16.7 Å². The zero-order valence-electron chi connectivity index (χ0n) is 13.5. The molecule has 1 heterocycles. The van der Waals surface area contributed by atoms with Crippen molar-refractivity contribution in [2.75, 3.05) is 0 Å². The van der Waals surface area contributed by atoms with E-state index in [0.717, 1.165) is 9.75 Å². The van der Waals surface area contributed by atoms with Crippen LogP contribution in [0.5, 0.6) is 0 Å². The highest BCUT2D eigenvalue weighted by Gasteiger charge is 2.15. The van der Waals surface area contributed by atoms with Gasteiger partial charge in [0.25, 0.3) is 5.69 Å². The highest BCUT2D eigenvalue weighted by Crippen LogP contribution is 2.35. The summed E-state index contributed by atoms with van der Waals surface area (Å²) in [4.78, 5) is 24.5. The van der Waals surface area contributed by atoms with Crippen LogP contribution < -0.4 is 0 Å². The number of para-hydroxylation sites is 1. The summed E-state index contributed by atoms with van der Waals surface area (Å²) in [6.45, 7) is 0. The van der Waals surface area contributed by atoms with Gasteiger partial charge in [0.2, 0.25) is 0 Å². The number of nitro benzene ring substituents is 1. The lowest BCUT2D eigenvalue weighted by Gasteiger charge is -1.98. The number of carbonyl (C=O) groups excluding carboxylic acids is 1.